The molecule has 2 aromatic rings. The minimum Gasteiger partial charge on any atom is -0.322 e. The molecule has 3 unspecified atom stereocenters. The summed E-state index contributed by atoms with van der Waals surface area (Å²) in [4.78, 5) is 4.80. The summed E-state index contributed by atoms with van der Waals surface area (Å²) in [6.07, 6.45) is 7.37. The Balaban J connectivity index is 2.18. The van der Waals surface area contributed by atoms with Gasteiger partial charge in [0, 0.05) is 15.8 Å². The second-order valence-electron chi connectivity index (χ2n) is 5.72. The van der Waals surface area contributed by atoms with Crippen molar-refractivity contribution < 1.29 is 0 Å². The molecule has 21 heavy (non-hydrogen) atoms. The molecular formula is C16H20BrClN2S. The van der Waals surface area contributed by atoms with E-state index < -0.39 is 0 Å². The van der Waals surface area contributed by atoms with Crippen LogP contribution in [0, 0.1) is 0 Å². The lowest BCUT2D eigenvalue weighted by atomic mass is 9.94. The van der Waals surface area contributed by atoms with E-state index in [9.17, 15) is 0 Å². The average molecular weight is 388 g/mol. The number of rotatable bonds is 3. The number of alkyl halides is 1. The van der Waals surface area contributed by atoms with Gasteiger partial charge in [0.2, 0.25) is 0 Å². The van der Waals surface area contributed by atoms with Gasteiger partial charge in [-0.1, -0.05) is 28.8 Å². The molecule has 0 amide bonds. The molecule has 1 heterocycles. The third-order valence-corrected chi connectivity index (χ3v) is 6.18. The maximum Gasteiger partial charge on any atom is 0.128 e. The minimum atomic E-state index is -0.0689. The van der Waals surface area contributed by atoms with Crippen LogP contribution in [0.25, 0.3) is 11.0 Å². The number of nitrogens with zero attached hydrogens (tertiary/aromatic N) is 2. The summed E-state index contributed by atoms with van der Waals surface area (Å²) in [7, 11) is 0. The van der Waals surface area contributed by atoms with Gasteiger partial charge in [-0.15, -0.1) is 11.6 Å². The van der Waals surface area contributed by atoms with Crippen LogP contribution in [0.3, 0.4) is 0 Å². The Hall–Kier alpha value is -0.190. The number of hydrogen-bond acceptors (Lipinski definition) is 2. The van der Waals surface area contributed by atoms with Gasteiger partial charge in [0.1, 0.15) is 5.82 Å². The van der Waals surface area contributed by atoms with Crippen LogP contribution in [0.15, 0.2) is 22.7 Å². The van der Waals surface area contributed by atoms with E-state index in [0.29, 0.717) is 11.3 Å². The third-order valence-electron chi connectivity index (χ3n) is 4.34. The summed E-state index contributed by atoms with van der Waals surface area (Å²) in [5.41, 5.74) is 2.25. The summed E-state index contributed by atoms with van der Waals surface area (Å²) >= 11 is 12.0. The normalized spacial score (nSPS) is 24.4. The number of fused-ring (bicyclic) bond motifs is 1. The Morgan fingerprint density at radius 2 is 2.14 bits per heavy atom. The molecule has 1 aliphatic rings. The van der Waals surface area contributed by atoms with Crippen LogP contribution >= 0.6 is 39.3 Å². The van der Waals surface area contributed by atoms with E-state index in [1.165, 1.54) is 31.2 Å². The molecule has 0 N–H and O–H groups in total. The van der Waals surface area contributed by atoms with Gasteiger partial charge in [-0.3, -0.25) is 0 Å². The molecule has 1 aliphatic carbocycles. The monoisotopic (exact) mass is 386 g/mol. The Bertz CT molecular complexity index is 640. The van der Waals surface area contributed by atoms with Crippen molar-refractivity contribution in [1.29, 1.82) is 0 Å². The highest BCUT2D eigenvalue weighted by atomic mass is 79.9. The molecule has 2 nitrogen and oxygen atoms in total. The fourth-order valence-electron chi connectivity index (χ4n) is 3.36. The molecule has 1 fully saturated rings. The summed E-state index contributed by atoms with van der Waals surface area (Å²) in [6, 6.07) is 6.81. The lowest BCUT2D eigenvalue weighted by Gasteiger charge is -2.33. The largest absolute Gasteiger partial charge is 0.322 e. The van der Waals surface area contributed by atoms with Gasteiger partial charge in [-0.05, 0) is 44.2 Å². The van der Waals surface area contributed by atoms with Crippen molar-refractivity contribution in [3.05, 3.63) is 28.5 Å². The van der Waals surface area contributed by atoms with Crippen LogP contribution in [0.4, 0.5) is 0 Å². The van der Waals surface area contributed by atoms with Crippen molar-refractivity contribution in [3.63, 3.8) is 0 Å². The smallest absolute Gasteiger partial charge is 0.128 e. The van der Waals surface area contributed by atoms with Gasteiger partial charge >= 0.3 is 0 Å². The molecule has 0 bridgehead atoms. The van der Waals surface area contributed by atoms with E-state index >= 15 is 0 Å². The van der Waals surface area contributed by atoms with E-state index in [1.807, 2.05) is 18.7 Å². The summed E-state index contributed by atoms with van der Waals surface area (Å²) in [6.45, 7) is 2.02. The van der Waals surface area contributed by atoms with Crippen molar-refractivity contribution in [1.82, 2.24) is 9.55 Å². The quantitative estimate of drug-likeness (QED) is 0.606. The second kappa shape index (κ2) is 6.51. The van der Waals surface area contributed by atoms with E-state index in [-0.39, 0.29) is 5.38 Å². The highest BCUT2D eigenvalue weighted by Crippen LogP contribution is 2.40. The molecule has 0 spiro atoms. The molecule has 1 aromatic heterocycles. The SMILES string of the molecule is CSC1CCCCC1n1c(C(C)Cl)nc2ccc(Br)cc21. The van der Waals surface area contributed by atoms with Gasteiger partial charge in [-0.25, -0.2) is 4.98 Å². The van der Waals surface area contributed by atoms with Gasteiger partial charge in [-0.2, -0.15) is 11.8 Å². The van der Waals surface area contributed by atoms with Crippen LogP contribution in [-0.2, 0) is 0 Å². The summed E-state index contributed by atoms with van der Waals surface area (Å²) in [5, 5.41) is 0.588. The first-order valence-corrected chi connectivity index (χ1v) is 9.98. The fourth-order valence-corrected chi connectivity index (χ4v) is 4.84. The molecular weight excluding hydrogens is 368 g/mol. The number of halogens is 2. The van der Waals surface area contributed by atoms with Gasteiger partial charge in [0.25, 0.3) is 0 Å². The van der Waals surface area contributed by atoms with Gasteiger partial charge < -0.3 is 4.57 Å². The molecule has 1 saturated carbocycles. The summed E-state index contributed by atoms with van der Waals surface area (Å²) in [5.74, 6) is 1.01. The maximum atomic E-state index is 6.43. The van der Waals surface area contributed by atoms with Crippen LogP contribution in [0.2, 0.25) is 0 Å². The predicted octanol–water partition coefficient (Wildman–Crippen LogP) is 5.95. The first-order chi connectivity index (χ1) is 10.1. The first kappa shape index (κ1) is 15.7. The lowest BCUT2D eigenvalue weighted by molar-refractivity contribution is 0.363. The number of imidazole rings is 1. The summed E-state index contributed by atoms with van der Waals surface area (Å²) < 4.78 is 3.51. The Morgan fingerprint density at radius 1 is 1.38 bits per heavy atom. The molecule has 114 valence electrons. The Kier molecular flexibility index (Phi) is 4.87. The zero-order valence-corrected chi connectivity index (χ0v) is 15.5. The lowest BCUT2D eigenvalue weighted by Crippen LogP contribution is -2.26. The fraction of sp³-hybridized carbons (Fsp3) is 0.562. The predicted molar refractivity (Wildman–Crippen MR) is 96.5 cm³/mol. The van der Waals surface area contributed by atoms with Crippen LogP contribution in [0.5, 0.6) is 0 Å². The van der Waals surface area contributed by atoms with E-state index in [2.05, 4.69) is 45.0 Å². The highest BCUT2D eigenvalue weighted by molar-refractivity contribution is 9.10. The van der Waals surface area contributed by atoms with Crippen molar-refractivity contribution in [2.75, 3.05) is 6.26 Å². The molecule has 1 aromatic carbocycles. The van der Waals surface area contributed by atoms with Crippen LogP contribution in [0.1, 0.15) is 49.9 Å². The molecule has 0 aliphatic heterocycles. The van der Waals surface area contributed by atoms with Crippen molar-refractivity contribution in [3.8, 4) is 0 Å². The average Bonchev–Trinajstić information content (AvgIpc) is 2.85. The van der Waals surface area contributed by atoms with E-state index in [0.717, 1.165) is 15.8 Å². The molecule has 3 atom stereocenters. The Morgan fingerprint density at radius 3 is 2.86 bits per heavy atom. The van der Waals surface area contributed by atoms with Crippen LogP contribution < -0.4 is 0 Å². The van der Waals surface area contributed by atoms with Crippen molar-refractivity contribution in [2.45, 2.75) is 49.3 Å². The van der Waals surface area contributed by atoms with E-state index in [1.54, 1.807) is 0 Å². The second-order valence-corrected chi connectivity index (χ2v) is 8.36. The Labute approximate surface area is 143 Å². The molecule has 5 heteroatoms. The number of thioether (sulfide) groups is 1. The van der Waals surface area contributed by atoms with Crippen molar-refractivity contribution in [2.24, 2.45) is 0 Å². The first-order valence-electron chi connectivity index (χ1n) is 7.46. The maximum absolute atomic E-state index is 6.43. The zero-order chi connectivity index (χ0) is 15.0. The zero-order valence-electron chi connectivity index (χ0n) is 12.4. The van der Waals surface area contributed by atoms with E-state index in [4.69, 9.17) is 16.6 Å². The molecule has 0 radical (unpaired) electrons. The number of hydrogen-bond donors (Lipinski definition) is 0. The van der Waals surface area contributed by atoms with Crippen LogP contribution in [-0.4, -0.2) is 21.1 Å². The molecule has 3 rings (SSSR count). The minimum absolute atomic E-state index is 0.0689. The van der Waals surface area contributed by atoms with Crippen molar-refractivity contribution >= 4 is 50.3 Å². The highest BCUT2D eigenvalue weighted by Gasteiger charge is 2.30. The van der Waals surface area contributed by atoms with Gasteiger partial charge in [0.05, 0.1) is 16.4 Å². The third kappa shape index (κ3) is 2.99. The number of benzene rings is 1. The van der Waals surface area contributed by atoms with Gasteiger partial charge in [0.15, 0.2) is 0 Å². The molecule has 0 saturated heterocycles. The standard InChI is InChI=1S/C16H20BrClN2S/c1-10(18)16-19-12-8-7-11(17)9-14(12)20(16)13-5-3-4-6-15(13)21-2/h7-10,13,15H,3-6H2,1-2H3. The topological polar surface area (TPSA) is 17.8 Å². The number of aromatic nitrogens is 2.